The van der Waals surface area contributed by atoms with Gasteiger partial charge in [0.25, 0.3) is 5.69 Å². The first-order chi connectivity index (χ1) is 15.2. The van der Waals surface area contributed by atoms with E-state index >= 15 is 0 Å². The molecule has 0 aliphatic carbocycles. The summed E-state index contributed by atoms with van der Waals surface area (Å²) in [5, 5.41) is 15.6. The molecule has 2 aromatic carbocycles. The number of amides is 2. The van der Waals surface area contributed by atoms with Crippen molar-refractivity contribution in [2.45, 2.75) is 13.3 Å². The number of ether oxygens (including phenoxy) is 1. The largest absolute Gasteiger partial charge is 0.494 e. The van der Waals surface area contributed by atoms with Crippen LogP contribution < -0.4 is 15.4 Å². The van der Waals surface area contributed by atoms with Gasteiger partial charge in [0.2, 0.25) is 11.8 Å². The van der Waals surface area contributed by atoms with E-state index in [-0.39, 0.29) is 30.2 Å². The minimum absolute atomic E-state index is 0.0844. The molecule has 0 fully saturated rings. The van der Waals surface area contributed by atoms with Crippen molar-refractivity contribution in [1.29, 1.82) is 0 Å². The van der Waals surface area contributed by atoms with Crippen molar-refractivity contribution in [1.82, 2.24) is 4.90 Å². The van der Waals surface area contributed by atoms with Crippen LogP contribution in [-0.4, -0.2) is 48.4 Å². The number of anilines is 2. The number of carbonyl (C=O) groups excluding carboxylic acids is 2. The lowest BCUT2D eigenvalue weighted by molar-refractivity contribution is -0.384. The van der Waals surface area contributed by atoms with E-state index < -0.39 is 39.9 Å². The third-order valence-electron chi connectivity index (χ3n) is 4.25. The number of nitrogens with one attached hydrogen (secondary N) is 2. The van der Waals surface area contributed by atoms with E-state index in [2.05, 4.69) is 10.6 Å². The second-order valence-corrected chi connectivity index (χ2v) is 6.67. The quantitative estimate of drug-likeness (QED) is 0.324. The Labute approximate surface area is 181 Å². The van der Waals surface area contributed by atoms with Gasteiger partial charge in [-0.3, -0.25) is 24.6 Å². The van der Waals surface area contributed by atoms with E-state index in [0.29, 0.717) is 19.0 Å². The Bertz CT molecular complexity index is 1020. The van der Waals surface area contributed by atoms with Crippen LogP contribution in [0.25, 0.3) is 0 Å². The fraction of sp³-hybridized carbons (Fsp3) is 0.300. The molecule has 32 heavy (non-hydrogen) atoms. The first-order valence-corrected chi connectivity index (χ1v) is 9.44. The molecular formula is C20H21F3N4O5. The zero-order valence-electron chi connectivity index (χ0n) is 17.3. The highest BCUT2D eigenvalue weighted by Crippen LogP contribution is 2.29. The summed E-state index contributed by atoms with van der Waals surface area (Å²) in [6.07, 6.45) is 0.584. The topological polar surface area (TPSA) is 114 Å². The molecule has 2 N–H and O–H groups in total. The molecule has 2 amide bonds. The van der Waals surface area contributed by atoms with Gasteiger partial charge < -0.3 is 15.4 Å². The van der Waals surface area contributed by atoms with Crippen molar-refractivity contribution in [3.63, 3.8) is 0 Å². The molecule has 9 nitrogen and oxygen atoms in total. The van der Waals surface area contributed by atoms with Crippen molar-refractivity contribution in [3.8, 4) is 5.75 Å². The van der Waals surface area contributed by atoms with E-state index in [1.165, 1.54) is 24.1 Å². The number of benzene rings is 2. The molecule has 0 spiro atoms. The molecule has 2 rings (SSSR count). The third-order valence-corrected chi connectivity index (χ3v) is 4.25. The van der Waals surface area contributed by atoms with Gasteiger partial charge in [0.05, 0.1) is 42.6 Å². The fourth-order valence-electron chi connectivity index (χ4n) is 2.84. The second kappa shape index (κ2) is 11.1. The molecule has 12 heteroatoms. The molecule has 0 aliphatic heterocycles. The van der Waals surface area contributed by atoms with Crippen LogP contribution in [-0.2, 0) is 9.59 Å². The van der Waals surface area contributed by atoms with Crippen LogP contribution in [0.1, 0.15) is 13.3 Å². The van der Waals surface area contributed by atoms with E-state index in [0.717, 1.165) is 12.1 Å². The number of nitrogens with zero attached hydrogens (tertiary/aromatic N) is 2. The summed E-state index contributed by atoms with van der Waals surface area (Å²) < 4.78 is 45.2. The van der Waals surface area contributed by atoms with Gasteiger partial charge in [-0.2, -0.15) is 0 Å². The van der Waals surface area contributed by atoms with Crippen molar-refractivity contribution in [2.24, 2.45) is 0 Å². The van der Waals surface area contributed by atoms with Gasteiger partial charge in [0, 0.05) is 6.07 Å². The Hall–Kier alpha value is -3.67. The minimum Gasteiger partial charge on any atom is -0.494 e. The number of nitro benzene ring substituents is 1. The molecule has 0 radical (unpaired) electrons. The van der Waals surface area contributed by atoms with E-state index in [1.807, 2.05) is 6.92 Å². The average molecular weight is 454 g/mol. The number of hydrogen-bond acceptors (Lipinski definition) is 6. The number of non-ortho nitro benzene ring substituents is 1. The van der Waals surface area contributed by atoms with E-state index in [4.69, 9.17) is 4.74 Å². The molecule has 0 heterocycles. The molecule has 0 aromatic heterocycles. The average Bonchev–Trinajstić information content (AvgIpc) is 2.74. The Morgan fingerprint density at radius 3 is 2.19 bits per heavy atom. The Balaban J connectivity index is 2.03. The summed E-state index contributed by atoms with van der Waals surface area (Å²) in [6.45, 7) is 1.59. The number of nitro groups is 1. The maximum Gasteiger partial charge on any atom is 0.273 e. The minimum atomic E-state index is -1.70. The normalized spacial score (nSPS) is 10.7. The van der Waals surface area contributed by atoms with Crippen LogP contribution in [0, 0.1) is 27.6 Å². The number of hydrogen-bond donors (Lipinski definition) is 2. The van der Waals surface area contributed by atoms with Crippen LogP contribution in [0.4, 0.5) is 30.2 Å². The van der Waals surface area contributed by atoms with Crippen LogP contribution in [0.5, 0.6) is 5.75 Å². The standard InChI is InChI=1S/C20H21F3N4O5/c1-3-8-26(11-18(29)25-15-7-5-13(21)19(22)20(15)23)10-17(28)24-14-6-4-12(27(30)31)9-16(14)32-2/h4-7,9H,3,8,10-11H2,1-2H3,(H,24,28)(H,25,29). The first-order valence-electron chi connectivity index (χ1n) is 9.44. The van der Waals surface area contributed by atoms with Crippen molar-refractivity contribution in [3.05, 3.63) is 57.9 Å². The van der Waals surface area contributed by atoms with Crippen molar-refractivity contribution >= 4 is 28.9 Å². The van der Waals surface area contributed by atoms with Crippen molar-refractivity contribution < 1.29 is 32.4 Å². The summed E-state index contributed by atoms with van der Waals surface area (Å²) in [4.78, 5) is 36.4. The Morgan fingerprint density at radius 1 is 1.03 bits per heavy atom. The highest BCUT2D eigenvalue weighted by Gasteiger charge is 2.19. The summed E-state index contributed by atoms with van der Waals surface area (Å²) in [5.74, 6) is -5.79. The highest BCUT2D eigenvalue weighted by molar-refractivity contribution is 5.95. The molecule has 2 aromatic rings. The van der Waals surface area contributed by atoms with Crippen LogP contribution >= 0.6 is 0 Å². The molecule has 0 atom stereocenters. The number of halogens is 3. The van der Waals surface area contributed by atoms with Gasteiger partial charge in [-0.1, -0.05) is 6.92 Å². The molecule has 0 bridgehead atoms. The van der Waals surface area contributed by atoms with Crippen LogP contribution in [0.2, 0.25) is 0 Å². The third kappa shape index (κ3) is 6.41. The summed E-state index contributed by atoms with van der Waals surface area (Å²) in [6, 6.07) is 5.25. The molecule has 0 aliphatic rings. The predicted molar refractivity (Wildman–Crippen MR) is 110 cm³/mol. The van der Waals surface area contributed by atoms with Gasteiger partial charge in [-0.05, 0) is 31.2 Å². The summed E-state index contributed by atoms with van der Waals surface area (Å²) in [7, 11) is 1.29. The molecular weight excluding hydrogens is 433 g/mol. The van der Waals surface area contributed by atoms with Crippen LogP contribution in [0.3, 0.4) is 0 Å². The molecule has 0 saturated heterocycles. The smallest absolute Gasteiger partial charge is 0.273 e. The molecule has 0 unspecified atom stereocenters. The number of carbonyl (C=O) groups is 2. The summed E-state index contributed by atoms with van der Waals surface area (Å²) >= 11 is 0. The Kier molecular flexibility index (Phi) is 8.53. The number of methoxy groups -OCH3 is 1. The lowest BCUT2D eigenvalue weighted by Gasteiger charge is -2.21. The monoisotopic (exact) mass is 454 g/mol. The zero-order valence-corrected chi connectivity index (χ0v) is 17.3. The van der Waals surface area contributed by atoms with Gasteiger partial charge >= 0.3 is 0 Å². The summed E-state index contributed by atoms with van der Waals surface area (Å²) in [5.41, 5.74) is -0.535. The molecule has 172 valence electrons. The predicted octanol–water partition coefficient (Wildman–Crippen LogP) is 3.31. The molecule has 0 saturated carbocycles. The number of rotatable bonds is 10. The van der Waals surface area contributed by atoms with Gasteiger partial charge in [-0.15, -0.1) is 0 Å². The first kappa shape index (κ1) is 24.6. The Morgan fingerprint density at radius 2 is 1.62 bits per heavy atom. The second-order valence-electron chi connectivity index (χ2n) is 6.67. The van der Waals surface area contributed by atoms with Crippen molar-refractivity contribution in [2.75, 3.05) is 37.4 Å². The fourth-order valence-corrected chi connectivity index (χ4v) is 2.84. The lowest BCUT2D eigenvalue weighted by Crippen LogP contribution is -2.39. The van der Waals surface area contributed by atoms with Gasteiger partial charge in [0.15, 0.2) is 17.5 Å². The maximum atomic E-state index is 13.7. The lowest BCUT2D eigenvalue weighted by atomic mass is 10.2. The van der Waals surface area contributed by atoms with Gasteiger partial charge in [-0.25, -0.2) is 13.2 Å². The highest BCUT2D eigenvalue weighted by atomic mass is 19.2. The van der Waals surface area contributed by atoms with Crippen LogP contribution in [0.15, 0.2) is 30.3 Å². The van der Waals surface area contributed by atoms with E-state index in [9.17, 15) is 32.9 Å². The van der Waals surface area contributed by atoms with Gasteiger partial charge in [0.1, 0.15) is 5.75 Å². The zero-order chi connectivity index (χ0) is 23.8. The van der Waals surface area contributed by atoms with E-state index in [1.54, 1.807) is 0 Å². The maximum absolute atomic E-state index is 13.7. The SMILES string of the molecule is CCCN(CC(=O)Nc1ccc([N+](=O)[O-])cc1OC)CC(=O)Nc1ccc(F)c(F)c1F.